The molecule has 1 aromatic carbocycles. The van der Waals surface area contributed by atoms with Crippen molar-refractivity contribution in [2.45, 2.75) is 37.9 Å². The van der Waals surface area contributed by atoms with Crippen LogP contribution in [0.2, 0.25) is 0 Å². The molecule has 96 valence electrons. The molecular weight excluding hydrogens is 230 g/mol. The van der Waals surface area contributed by atoms with Crippen LogP contribution in [0.3, 0.4) is 0 Å². The number of aliphatic hydroxyl groups excluding tert-OH is 1. The molecule has 1 saturated heterocycles. The summed E-state index contributed by atoms with van der Waals surface area (Å²) in [6, 6.07) is 7.63. The van der Waals surface area contributed by atoms with Gasteiger partial charge in [0.2, 0.25) is 0 Å². The lowest BCUT2D eigenvalue weighted by Gasteiger charge is -2.26. The van der Waals surface area contributed by atoms with E-state index in [1.807, 2.05) is 24.3 Å². The molecule has 0 radical (unpaired) electrons. The van der Waals surface area contributed by atoms with Crippen molar-refractivity contribution < 1.29 is 14.3 Å². The molecule has 1 fully saturated rings. The number of nitrogens with zero attached hydrogens (tertiary/aromatic N) is 1. The third kappa shape index (κ3) is 2.40. The lowest BCUT2D eigenvalue weighted by Crippen LogP contribution is -2.33. The Morgan fingerprint density at radius 3 is 3.00 bits per heavy atom. The Morgan fingerprint density at radius 2 is 2.22 bits per heavy atom. The summed E-state index contributed by atoms with van der Waals surface area (Å²) in [5, 5.41) is 10.1. The first kappa shape index (κ1) is 11.7. The van der Waals surface area contributed by atoms with Gasteiger partial charge in [-0.3, -0.25) is 0 Å². The van der Waals surface area contributed by atoms with Gasteiger partial charge in [0.1, 0.15) is 5.52 Å². The molecule has 1 N–H and O–H groups in total. The number of oxazole rings is 1. The minimum absolute atomic E-state index is 0.0752. The second-order valence-corrected chi connectivity index (χ2v) is 4.75. The van der Waals surface area contributed by atoms with E-state index in [0.29, 0.717) is 12.3 Å². The standard InChI is InChI=1S/C14H17NO3/c16-11(13-7-3-4-8-17-13)9-14-15-10-5-1-2-6-12(10)18-14/h1-2,5-6,11,13,16H,3-4,7-9H2. The average Bonchev–Trinajstić information content (AvgIpc) is 2.82. The fourth-order valence-electron chi connectivity index (χ4n) is 2.39. The van der Waals surface area contributed by atoms with E-state index in [9.17, 15) is 5.11 Å². The maximum Gasteiger partial charge on any atom is 0.198 e. The van der Waals surface area contributed by atoms with Gasteiger partial charge in [0.05, 0.1) is 18.6 Å². The van der Waals surface area contributed by atoms with Crippen LogP contribution < -0.4 is 0 Å². The van der Waals surface area contributed by atoms with Crippen molar-refractivity contribution in [2.75, 3.05) is 6.61 Å². The van der Waals surface area contributed by atoms with E-state index < -0.39 is 6.10 Å². The summed E-state index contributed by atoms with van der Waals surface area (Å²) in [6.45, 7) is 0.745. The highest BCUT2D eigenvalue weighted by Crippen LogP contribution is 2.20. The van der Waals surface area contributed by atoms with Gasteiger partial charge >= 0.3 is 0 Å². The van der Waals surface area contributed by atoms with Gasteiger partial charge in [-0.2, -0.15) is 0 Å². The predicted molar refractivity (Wildman–Crippen MR) is 67.3 cm³/mol. The van der Waals surface area contributed by atoms with Gasteiger partial charge < -0.3 is 14.3 Å². The van der Waals surface area contributed by atoms with E-state index in [-0.39, 0.29) is 6.10 Å². The van der Waals surface area contributed by atoms with Crippen molar-refractivity contribution >= 4 is 11.1 Å². The minimum atomic E-state index is -0.529. The molecule has 3 rings (SSSR count). The lowest BCUT2D eigenvalue weighted by atomic mass is 10.0. The Balaban J connectivity index is 1.71. The number of para-hydroxylation sites is 2. The Morgan fingerprint density at radius 1 is 1.33 bits per heavy atom. The summed E-state index contributed by atoms with van der Waals surface area (Å²) in [5.74, 6) is 0.581. The van der Waals surface area contributed by atoms with Gasteiger partial charge in [-0.1, -0.05) is 12.1 Å². The number of benzene rings is 1. The van der Waals surface area contributed by atoms with Crippen LogP contribution in [0.15, 0.2) is 28.7 Å². The molecule has 4 heteroatoms. The Kier molecular flexibility index (Phi) is 3.30. The molecule has 1 aromatic heterocycles. The minimum Gasteiger partial charge on any atom is -0.441 e. The molecule has 18 heavy (non-hydrogen) atoms. The summed E-state index contributed by atoms with van der Waals surface area (Å²) in [6.07, 6.45) is 2.94. The zero-order chi connectivity index (χ0) is 12.4. The molecule has 2 unspecified atom stereocenters. The third-order valence-electron chi connectivity index (χ3n) is 3.37. The molecule has 0 saturated carbocycles. The SMILES string of the molecule is OC(Cc1nc2ccccc2o1)C1CCCCO1. The Labute approximate surface area is 106 Å². The number of hydrogen-bond acceptors (Lipinski definition) is 4. The van der Waals surface area contributed by atoms with E-state index in [4.69, 9.17) is 9.15 Å². The van der Waals surface area contributed by atoms with Crippen LogP contribution >= 0.6 is 0 Å². The van der Waals surface area contributed by atoms with Gasteiger partial charge in [-0.25, -0.2) is 4.98 Å². The van der Waals surface area contributed by atoms with E-state index >= 15 is 0 Å². The van der Waals surface area contributed by atoms with E-state index in [1.54, 1.807) is 0 Å². The van der Waals surface area contributed by atoms with Crippen molar-refractivity contribution in [3.63, 3.8) is 0 Å². The van der Waals surface area contributed by atoms with Gasteiger partial charge in [-0.15, -0.1) is 0 Å². The molecule has 0 bridgehead atoms. The number of aromatic nitrogens is 1. The van der Waals surface area contributed by atoms with Gasteiger partial charge in [0.15, 0.2) is 11.5 Å². The Hall–Kier alpha value is -1.39. The summed E-state index contributed by atoms with van der Waals surface area (Å²) < 4.78 is 11.2. The molecule has 2 heterocycles. The highest BCUT2D eigenvalue weighted by molar-refractivity contribution is 5.72. The third-order valence-corrected chi connectivity index (χ3v) is 3.37. The summed E-state index contributed by atoms with van der Waals surface area (Å²) in [7, 11) is 0. The summed E-state index contributed by atoms with van der Waals surface area (Å²) in [5.41, 5.74) is 1.61. The highest BCUT2D eigenvalue weighted by atomic mass is 16.5. The Bertz CT molecular complexity index is 483. The van der Waals surface area contributed by atoms with E-state index in [1.165, 1.54) is 0 Å². The van der Waals surface area contributed by atoms with Crippen LogP contribution in [0.4, 0.5) is 0 Å². The number of hydrogen-bond donors (Lipinski definition) is 1. The van der Waals surface area contributed by atoms with Gasteiger partial charge in [0.25, 0.3) is 0 Å². The molecule has 1 aliphatic heterocycles. The fourth-order valence-corrected chi connectivity index (χ4v) is 2.39. The summed E-state index contributed by atoms with van der Waals surface area (Å²) >= 11 is 0. The zero-order valence-corrected chi connectivity index (χ0v) is 10.2. The molecule has 0 amide bonds. The van der Waals surface area contributed by atoms with Gasteiger partial charge in [0, 0.05) is 6.61 Å². The smallest absolute Gasteiger partial charge is 0.198 e. The zero-order valence-electron chi connectivity index (χ0n) is 10.2. The fraction of sp³-hybridized carbons (Fsp3) is 0.500. The van der Waals surface area contributed by atoms with Crippen molar-refractivity contribution in [3.8, 4) is 0 Å². The number of ether oxygens (including phenoxy) is 1. The van der Waals surface area contributed by atoms with Crippen LogP contribution in [0.25, 0.3) is 11.1 Å². The van der Waals surface area contributed by atoms with Crippen molar-refractivity contribution in [1.29, 1.82) is 0 Å². The molecule has 0 spiro atoms. The largest absolute Gasteiger partial charge is 0.441 e. The van der Waals surface area contributed by atoms with E-state index in [0.717, 1.165) is 37.0 Å². The second kappa shape index (κ2) is 5.08. The normalized spacial score (nSPS) is 22.2. The monoisotopic (exact) mass is 247 g/mol. The van der Waals surface area contributed by atoms with Crippen LogP contribution in [0.5, 0.6) is 0 Å². The van der Waals surface area contributed by atoms with Crippen LogP contribution in [0.1, 0.15) is 25.2 Å². The second-order valence-electron chi connectivity index (χ2n) is 4.75. The topological polar surface area (TPSA) is 55.5 Å². The molecule has 4 nitrogen and oxygen atoms in total. The van der Waals surface area contributed by atoms with Crippen LogP contribution in [0, 0.1) is 0 Å². The first-order valence-corrected chi connectivity index (χ1v) is 6.47. The first-order valence-electron chi connectivity index (χ1n) is 6.47. The van der Waals surface area contributed by atoms with E-state index in [2.05, 4.69) is 4.98 Å². The average molecular weight is 247 g/mol. The number of fused-ring (bicyclic) bond motifs is 1. The summed E-state index contributed by atoms with van der Waals surface area (Å²) in [4.78, 5) is 4.37. The van der Waals surface area contributed by atoms with Crippen molar-refractivity contribution in [3.05, 3.63) is 30.2 Å². The maximum absolute atomic E-state index is 10.1. The number of aliphatic hydroxyl groups is 1. The predicted octanol–water partition coefficient (Wildman–Crippen LogP) is 2.30. The van der Waals surface area contributed by atoms with Gasteiger partial charge in [-0.05, 0) is 31.4 Å². The molecular formula is C14H17NO3. The first-order chi connectivity index (χ1) is 8.83. The maximum atomic E-state index is 10.1. The van der Waals surface area contributed by atoms with Crippen molar-refractivity contribution in [1.82, 2.24) is 4.98 Å². The molecule has 2 atom stereocenters. The number of rotatable bonds is 3. The quantitative estimate of drug-likeness (QED) is 0.904. The molecule has 0 aliphatic carbocycles. The molecule has 2 aromatic rings. The van der Waals surface area contributed by atoms with Crippen LogP contribution in [-0.2, 0) is 11.2 Å². The molecule has 1 aliphatic rings. The van der Waals surface area contributed by atoms with Crippen molar-refractivity contribution in [2.24, 2.45) is 0 Å². The van der Waals surface area contributed by atoms with Crippen LogP contribution in [-0.4, -0.2) is 28.9 Å². The highest BCUT2D eigenvalue weighted by Gasteiger charge is 2.24. The lowest BCUT2D eigenvalue weighted by molar-refractivity contribution is -0.0627.